The van der Waals surface area contributed by atoms with Crippen LogP contribution in [0.3, 0.4) is 0 Å². The molecule has 1 aliphatic heterocycles. The largest absolute Gasteiger partial charge is 0.398 e. The van der Waals surface area contributed by atoms with Gasteiger partial charge in [0, 0.05) is 24.8 Å². The Morgan fingerprint density at radius 3 is 2.53 bits per heavy atom. The quantitative estimate of drug-likeness (QED) is 0.653. The van der Waals surface area contributed by atoms with Gasteiger partial charge in [-0.1, -0.05) is 6.07 Å². The van der Waals surface area contributed by atoms with Crippen molar-refractivity contribution in [2.45, 2.75) is 19.9 Å². The van der Waals surface area contributed by atoms with Crippen molar-refractivity contribution in [3.8, 4) is 0 Å². The monoisotopic (exact) mass is 261 g/mol. The molecule has 0 bridgehead atoms. The van der Waals surface area contributed by atoms with E-state index in [0.29, 0.717) is 35.9 Å². The molecule has 0 radical (unpaired) electrons. The Bertz CT molecular complexity index is 525. The van der Waals surface area contributed by atoms with Crippen molar-refractivity contribution in [2.75, 3.05) is 25.9 Å². The molecule has 0 saturated heterocycles. The Morgan fingerprint density at radius 2 is 1.95 bits per heavy atom. The van der Waals surface area contributed by atoms with Gasteiger partial charge in [0.25, 0.3) is 11.8 Å². The molecule has 2 amide bonds. The van der Waals surface area contributed by atoms with Crippen molar-refractivity contribution in [3.63, 3.8) is 0 Å². The van der Waals surface area contributed by atoms with E-state index in [1.165, 1.54) is 4.90 Å². The van der Waals surface area contributed by atoms with Crippen LogP contribution in [0.2, 0.25) is 0 Å². The number of benzene rings is 1. The van der Waals surface area contributed by atoms with E-state index in [2.05, 4.69) is 18.7 Å². The molecule has 0 atom stereocenters. The minimum atomic E-state index is -0.282. The van der Waals surface area contributed by atoms with Gasteiger partial charge < -0.3 is 10.6 Å². The number of nitrogen functional groups attached to an aromatic ring is 1. The standard InChI is InChI=1S/C14H19N3O2/c1-9(2)16(3)7-8-17-13(18)10-5-4-6-11(15)12(10)14(17)19/h4-6,9H,7-8,15H2,1-3H3. The van der Waals surface area contributed by atoms with Crippen LogP contribution in [0.5, 0.6) is 0 Å². The van der Waals surface area contributed by atoms with E-state index in [1.54, 1.807) is 18.2 Å². The summed E-state index contributed by atoms with van der Waals surface area (Å²) in [6, 6.07) is 5.37. The number of anilines is 1. The molecule has 2 rings (SSSR count). The Kier molecular flexibility index (Phi) is 3.57. The zero-order chi connectivity index (χ0) is 14.2. The van der Waals surface area contributed by atoms with Crippen LogP contribution in [0.15, 0.2) is 18.2 Å². The summed E-state index contributed by atoms with van der Waals surface area (Å²) in [5.74, 6) is -0.528. The van der Waals surface area contributed by atoms with E-state index in [-0.39, 0.29) is 11.8 Å². The van der Waals surface area contributed by atoms with Crippen LogP contribution in [-0.2, 0) is 0 Å². The fraction of sp³-hybridized carbons (Fsp3) is 0.429. The average Bonchev–Trinajstić information content (AvgIpc) is 2.60. The molecule has 0 aromatic heterocycles. The molecule has 5 nitrogen and oxygen atoms in total. The first-order valence-corrected chi connectivity index (χ1v) is 6.38. The van der Waals surface area contributed by atoms with Crippen LogP contribution in [0.25, 0.3) is 0 Å². The molecule has 0 fully saturated rings. The number of hydrogen-bond donors (Lipinski definition) is 1. The molecule has 1 aromatic carbocycles. The summed E-state index contributed by atoms with van der Waals surface area (Å²) in [5.41, 5.74) is 6.91. The SMILES string of the molecule is CC(C)N(C)CCN1C(=O)c2cccc(N)c2C1=O. The van der Waals surface area contributed by atoms with Crippen LogP contribution in [0.4, 0.5) is 5.69 Å². The smallest absolute Gasteiger partial charge is 0.263 e. The van der Waals surface area contributed by atoms with E-state index in [4.69, 9.17) is 5.73 Å². The lowest BCUT2D eigenvalue weighted by Gasteiger charge is -2.23. The molecule has 19 heavy (non-hydrogen) atoms. The number of likely N-dealkylation sites (N-methyl/N-ethyl adjacent to an activating group) is 1. The number of hydrogen-bond acceptors (Lipinski definition) is 4. The van der Waals surface area contributed by atoms with Crippen molar-refractivity contribution in [3.05, 3.63) is 29.3 Å². The molecule has 5 heteroatoms. The highest BCUT2D eigenvalue weighted by molar-refractivity contribution is 6.23. The summed E-state index contributed by atoms with van der Waals surface area (Å²) in [5, 5.41) is 0. The van der Waals surface area contributed by atoms with Gasteiger partial charge in [-0.3, -0.25) is 14.5 Å². The second kappa shape index (κ2) is 5.01. The molecule has 0 aliphatic carbocycles. The lowest BCUT2D eigenvalue weighted by molar-refractivity contribution is 0.0636. The van der Waals surface area contributed by atoms with Gasteiger partial charge in [0.1, 0.15) is 0 Å². The van der Waals surface area contributed by atoms with Gasteiger partial charge in [0.05, 0.1) is 11.1 Å². The molecule has 0 saturated carbocycles. The van der Waals surface area contributed by atoms with Crippen LogP contribution in [0, 0.1) is 0 Å². The third-order valence-corrected chi connectivity index (χ3v) is 3.59. The lowest BCUT2D eigenvalue weighted by Crippen LogP contribution is -2.39. The van der Waals surface area contributed by atoms with Crippen LogP contribution in [0.1, 0.15) is 34.6 Å². The molecular formula is C14H19N3O2. The summed E-state index contributed by atoms with van der Waals surface area (Å²) in [6.07, 6.45) is 0. The van der Waals surface area contributed by atoms with Gasteiger partial charge in [0.15, 0.2) is 0 Å². The van der Waals surface area contributed by atoms with E-state index in [9.17, 15) is 9.59 Å². The highest BCUT2D eigenvalue weighted by Gasteiger charge is 2.36. The maximum absolute atomic E-state index is 12.2. The van der Waals surface area contributed by atoms with Crippen LogP contribution < -0.4 is 5.73 Å². The number of carbonyl (C=O) groups excluding carboxylic acids is 2. The summed E-state index contributed by atoms with van der Waals surface area (Å²) < 4.78 is 0. The topological polar surface area (TPSA) is 66.6 Å². The van der Waals surface area contributed by atoms with E-state index in [0.717, 1.165) is 0 Å². The average molecular weight is 261 g/mol. The molecule has 1 heterocycles. The Morgan fingerprint density at radius 1 is 1.26 bits per heavy atom. The Labute approximate surface area is 113 Å². The fourth-order valence-corrected chi connectivity index (χ4v) is 2.08. The summed E-state index contributed by atoms with van der Waals surface area (Å²) in [7, 11) is 1.97. The summed E-state index contributed by atoms with van der Waals surface area (Å²) >= 11 is 0. The van der Waals surface area contributed by atoms with Gasteiger partial charge in [-0.25, -0.2) is 0 Å². The molecule has 0 spiro atoms. The first-order chi connectivity index (χ1) is 8.93. The number of carbonyl (C=O) groups is 2. The first kappa shape index (κ1) is 13.5. The van der Waals surface area contributed by atoms with Gasteiger partial charge in [-0.15, -0.1) is 0 Å². The molecule has 2 N–H and O–H groups in total. The van der Waals surface area contributed by atoms with Crippen molar-refractivity contribution >= 4 is 17.5 Å². The van der Waals surface area contributed by atoms with Gasteiger partial charge in [0.2, 0.25) is 0 Å². The normalized spacial score (nSPS) is 14.7. The number of rotatable bonds is 4. The third-order valence-electron chi connectivity index (χ3n) is 3.59. The van der Waals surface area contributed by atoms with Crippen molar-refractivity contribution in [1.29, 1.82) is 0 Å². The van der Waals surface area contributed by atoms with Crippen LogP contribution >= 0.6 is 0 Å². The third kappa shape index (κ3) is 2.33. The number of nitrogens with two attached hydrogens (primary N) is 1. The number of amides is 2. The van der Waals surface area contributed by atoms with E-state index < -0.39 is 0 Å². The van der Waals surface area contributed by atoms with Gasteiger partial charge in [-0.05, 0) is 33.0 Å². The van der Waals surface area contributed by atoms with Gasteiger partial charge >= 0.3 is 0 Å². The highest BCUT2D eigenvalue weighted by Crippen LogP contribution is 2.27. The summed E-state index contributed by atoms with van der Waals surface area (Å²) in [6.45, 7) is 5.18. The predicted molar refractivity (Wildman–Crippen MR) is 74.0 cm³/mol. The Balaban J connectivity index is 2.17. The first-order valence-electron chi connectivity index (χ1n) is 6.38. The molecular weight excluding hydrogens is 242 g/mol. The van der Waals surface area contributed by atoms with Gasteiger partial charge in [-0.2, -0.15) is 0 Å². The zero-order valence-corrected chi connectivity index (χ0v) is 11.5. The zero-order valence-electron chi connectivity index (χ0n) is 11.5. The van der Waals surface area contributed by atoms with Crippen molar-refractivity contribution < 1.29 is 9.59 Å². The van der Waals surface area contributed by atoms with Crippen molar-refractivity contribution in [1.82, 2.24) is 9.80 Å². The maximum Gasteiger partial charge on any atom is 0.263 e. The maximum atomic E-state index is 12.2. The molecule has 1 aliphatic rings. The predicted octanol–water partition coefficient (Wildman–Crippen LogP) is 1.20. The minimum absolute atomic E-state index is 0.246. The minimum Gasteiger partial charge on any atom is -0.398 e. The second-order valence-corrected chi connectivity index (χ2v) is 5.11. The van der Waals surface area contributed by atoms with E-state index in [1.807, 2.05) is 7.05 Å². The summed E-state index contributed by atoms with van der Waals surface area (Å²) in [4.78, 5) is 27.8. The molecule has 1 aromatic rings. The number of imide groups is 1. The van der Waals surface area contributed by atoms with E-state index >= 15 is 0 Å². The van der Waals surface area contributed by atoms with Crippen LogP contribution in [-0.4, -0.2) is 47.8 Å². The molecule has 102 valence electrons. The highest BCUT2D eigenvalue weighted by atomic mass is 16.2. The number of nitrogens with zero attached hydrogens (tertiary/aromatic N) is 2. The van der Waals surface area contributed by atoms with Crippen molar-refractivity contribution in [2.24, 2.45) is 0 Å². The fourth-order valence-electron chi connectivity index (χ4n) is 2.08. The second-order valence-electron chi connectivity index (χ2n) is 5.11. The number of fused-ring (bicyclic) bond motifs is 1. The Hall–Kier alpha value is -1.88. The molecule has 0 unspecified atom stereocenters. The lowest BCUT2D eigenvalue weighted by atomic mass is 10.1.